The lowest BCUT2D eigenvalue weighted by atomic mass is 10.1. The van der Waals surface area contributed by atoms with Crippen LogP contribution in [0.2, 0.25) is 0 Å². The molecule has 0 saturated carbocycles. The number of rotatable bonds is 8. The average molecular weight is 253 g/mol. The summed E-state index contributed by atoms with van der Waals surface area (Å²) >= 11 is 0. The Labute approximate surface area is 109 Å². The highest BCUT2D eigenvalue weighted by molar-refractivity contribution is 5.20. The minimum Gasteiger partial charge on any atom is -0.326 e. The molecule has 2 N–H and O–H groups in total. The van der Waals surface area contributed by atoms with Gasteiger partial charge in [0.2, 0.25) is 0 Å². The van der Waals surface area contributed by atoms with E-state index in [0.29, 0.717) is 19.8 Å². The van der Waals surface area contributed by atoms with Crippen molar-refractivity contribution >= 4 is 0 Å². The molecule has 1 rings (SSSR count). The lowest BCUT2D eigenvalue weighted by Gasteiger charge is -2.37. The zero-order valence-electron chi connectivity index (χ0n) is 11.4. The van der Waals surface area contributed by atoms with Gasteiger partial charge in [0, 0.05) is 19.8 Å². The second-order valence-electron chi connectivity index (χ2n) is 3.79. The number of benzene rings is 1. The minimum atomic E-state index is -1.21. The standard InChI is InChI=1S/C14H23NO3/c1-4-16-14(17-5-2,18-6-3)13(15)12-10-8-7-9-11-12/h7-11,13H,4-6,15H2,1-3H3. The second-order valence-corrected chi connectivity index (χ2v) is 3.79. The highest BCUT2D eigenvalue weighted by Crippen LogP contribution is 2.30. The number of hydrogen-bond acceptors (Lipinski definition) is 4. The van der Waals surface area contributed by atoms with Gasteiger partial charge in [-0.1, -0.05) is 30.3 Å². The Bertz CT molecular complexity index is 312. The quantitative estimate of drug-likeness (QED) is 0.723. The SMILES string of the molecule is CCOC(OCC)(OCC)C(N)c1ccccc1. The second kappa shape index (κ2) is 7.48. The van der Waals surface area contributed by atoms with Crippen molar-refractivity contribution in [3.8, 4) is 0 Å². The molecule has 0 radical (unpaired) electrons. The first-order valence-electron chi connectivity index (χ1n) is 6.42. The first-order chi connectivity index (χ1) is 8.70. The van der Waals surface area contributed by atoms with Gasteiger partial charge in [-0.15, -0.1) is 0 Å². The number of ether oxygens (including phenoxy) is 3. The zero-order valence-corrected chi connectivity index (χ0v) is 11.4. The zero-order chi connectivity index (χ0) is 13.4. The van der Waals surface area contributed by atoms with Crippen LogP contribution in [0.4, 0.5) is 0 Å². The van der Waals surface area contributed by atoms with Crippen LogP contribution in [0.15, 0.2) is 30.3 Å². The van der Waals surface area contributed by atoms with Crippen molar-refractivity contribution in [1.82, 2.24) is 0 Å². The van der Waals surface area contributed by atoms with Crippen LogP contribution in [-0.4, -0.2) is 25.8 Å². The van der Waals surface area contributed by atoms with Gasteiger partial charge in [0.25, 0.3) is 0 Å². The molecule has 0 aliphatic rings. The van der Waals surface area contributed by atoms with Crippen LogP contribution < -0.4 is 5.73 Å². The van der Waals surface area contributed by atoms with E-state index in [1.165, 1.54) is 0 Å². The lowest BCUT2D eigenvalue weighted by molar-refractivity contribution is -0.388. The van der Waals surface area contributed by atoms with Crippen molar-refractivity contribution in [2.75, 3.05) is 19.8 Å². The third-order valence-corrected chi connectivity index (χ3v) is 2.58. The summed E-state index contributed by atoms with van der Waals surface area (Å²) in [5.41, 5.74) is 7.18. The summed E-state index contributed by atoms with van der Waals surface area (Å²) in [6.07, 6.45) is 0. The molecule has 18 heavy (non-hydrogen) atoms. The molecule has 0 heterocycles. The van der Waals surface area contributed by atoms with Gasteiger partial charge < -0.3 is 19.9 Å². The van der Waals surface area contributed by atoms with E-state index in [-0.39, 0.29) is 0 Å². The number of hydrogen-bond donors (Lipinski definition) is 1. The van der Waals surface area contributed by atoms with Crippen molar-refractivity contribution in [2.45, 2.75) is 32.8 Å². The summed E-state index contributed by atoms with van der Waals surface area (Å²) in [6.45, 7) is 7.10. The monoisotopic (exact) mass is 253 g/mol. The van der Waals surface area contributed by atoms with Gasteiger partial charge in [0.05, 0.1) is 0 Å². The van der Waals surface area contributed by atoms with Gasteiger partial charge in [-0.2, -0.15) is 0 Å². The maximum Gasteiger partial charge on any atom is 0.303 e. The Kier molecular flexibility index (Phi) is 6.29. The molecule has 0 amide bonds. The summed E-state index contributed by atoms with van der Waals surface area (Å²) in [5.74, 6) is -1.21. The molecule has 1 aromatic carbocycles. The minimum absolute atomic E-state index is 0.473. The van der Waals surface area contributed by atoms with Gasteiger partial charge in [-0.3, -0.25) is 0 Å². The van der Waals surface area contributed by atoms with Crippen LogP contribution in [0.25, 0.3) is 0 Å². The van der Waals surface area contributed by atoms with Gasteiger partial charge in [0.15, 0.2) is 0 Å². The van der Waals surface area contributed by atoms with Crippen LogP contribution in [-0.2, 0) is 14.2 Å². The molecule has 102 valence electrons. The summed E-state index contributed by atoms with van der Waals surface area (Å²) in [4.78, 5) is 0. The van der Waals surface area contributed by atoms with Gasteiger partial charge in [-0.25, -0.2) is 0 Å². The Morgan fingerprint density at radius 2 is 1.39 bits per heavy atom. The van der Waals surface area contributed by atoms with Crippen LogP contribution in [0.3, 0.4) is 0 Å². The van der Waals surface area contributed by atoms with E-state index in [2.05, 4.69) is 0 Å². The third-order valence-electron chi connectivity index (χ3n) is 2.58. The average Bonchev–Trinajstić information content (AvgIpc) is 2.39. The van der Waals surface area contributed by atoms with E-state index in [0.717, 1.165) is 5.56 Å². The van der Waals surface area contributed by atoms with Crippen LogP contribution in [0, 0.1) is 0 Å². The van der Waals surface area contributed by atoms with Crippen LogP contribution in [0.5, 0.6) is 0 Å². The summed E-state index contributed by atoms with van der Waals surface area (Å²) < 4.78 is 17.0. The van der Waals surface area contributed by atoms with Gasteiger partial charge in [-0.05, 0) is 26.3 Å². The first-order valence-corrected chi connectivity index (χ1v) is 6.42. The molecule has 1 unspecified atom stereocenters. The molecule has 0 aliphatic heterocycles. The Morgan fingerprint density at radius 3 is 1.78 bits per heavy atom. The van der Waals surface area contributed by atoms with Gasteiger partial charge >= 0.3 is 5.97 Å². The fraction of sp³-hybridized carbons (Fsp3) is 0.571. The van der Waals surface area contributed by atoms with E-state index in [4.69, 9.17) is 19.9 Å². The molecule has 1 atom stereocenters. The fourth-order valence-electron chi connectivity index (χ4n) is 1.86. The Morgan fingerprint density at radius 1 is 0.944 bits per heavy atom. The summed E-state index contributed by atoms with van der Waals surface area (Å²) in [7, 11) is 0. The molecular formula is C14H23NO3. The molecule has 0 aromatic heterocycles. The number of nitrogens with two attached hydrogens (primary N) is 1. The highest BCUT2D eigenvalue weighted by Gasteiger charge is 2.41. The van der Waals surface area contributed by atoms with Crippen molar-refractivity contribution in [3.63, 3.8) is 0 Å². The highest BCUT2D eigenvalue weighted by atomic mass is 16.9. The maximum atomic E-state index is 6.26. The molecule has 0 fully saturated rings. The predicted molar refractivity (Wildman–Crippen MR) is 71.0 cm³/mol. The Balaban J connectivity index is 2.99. The first kappa shape index (κ1) is 15.1. The van der Waals surface area contributed by atoms with Crippen LogP contribution in [0.1, 0.15) is 32.4 Å². The molecule has 0 saturated heterocycles. The van der Waals surface area contributed by atoms with Crippen LogP contribution >= 0.6 is 0 Å². The third kappa shape index (κ3) is 3.53. The molecule has 0 aliphatic carbocycles. The molecule has 1 aromatic rings. The van der Waals surface area contributed by atoms with Crippen molar-refractivity contribution in [2.24, 2.45) is 5.73 Å². The lowest BCUT2D eigenvalue weighted by Crippen LogP contribution is -2.49. The van der Waals surface area contributed by atoms with E-state index < -0.39 is 12.0 Å². The van der Waals surface area contributed by atoms with E-state index in [1.807, 2.05) is 51.1 Å². The normalized spacial score (nSPS) is 13.6. The summed E-state index contributed by atoms with van der Waals surface area (Å²) in [6, 6.07) is 9.21. The van der Waals surface area contributed by atoms with E-state index in [1.54, 1.807) is 0 Å². The summed E-state index contributed by atoms with van der Waals surface area (Å²) in [5, 5.41) is 0. The molecule has 4 heteroatoms. The molecule has 0 spiro atoms. The topological polar surface area (TPSA) is 53.7 Å². The molecule has 0 bridgehead atoms. The van der Waals surface area contributed by atoms with Crippen molar-refractivity contribution in [3.05, 3.63) is 35.9 Å². The van der Waals surface area contributed by atoms with Crippen molar-refractivity contribution < 1.29 is 14.2 Å². The molecular weight excluding hydrogens is 230 g/mol. The van der Waals surface area contributed by atoms with Crippen molar-refractivity contribution in [1.29, 1.82) is 0 Å². The maximum absolute atomic E-state index is 6.26. The fourth-order valence-corrected chi connectivity index (χ4v) is 1.86. The Hall–Kier alpha value is -0.940. The molecule has 4 nitrogen and oxygen atoms in total. The largest absolute Gasteiger partial charge is 0.326 e. The van der Waals surface area contributed by atoms with Gasteiger partial charge in [0.1, 0.15) is 6.04 Å². The van der Waals surface area contributed by atoms with E-state index >= 15 is 0 Å². The van der Waals surface area contributed by atoms with E-state index in [9.17, 15) is 0 Å². The predicted octanol–water partition coefficient (Wildman–Crippen LogP) is 2.45. The smallest absolute Gasteiger partial charge is 0.303 e.